The van der Waals surface area contributed by atoms with Crippen LogP contribution in [0.2, 0.25) is 0 Å². The number of aromatic nitrogens is 2. The summed E-state index contributed by atoms with van der Waals surface area (Å²) < 4.78 is 7.15. The van der Waals surface area contributed by atoms with Gasteiger partial charge in [0.2, 0.25) is 5.91 Å². The molecule has 6 heteroatoms. The van der Waals surface area contributed by atoms with Crippen LogP contribution in [0.4, 0.5) is 0 Å². The standard InChI is InChI=1S/C15H25N3O3/c1-15(2,3)21-14(20)7-6-13(19)17-8-4-5-10-18-11-9-16-12-18/h9,11-12H,4-8,10H2,1-3H3,(H,17,19). The van der Waals surface area contributed by atoms with Crippen LogP contribution in [0.5, 0.6) is 0 Å². The zero-order valence-electron chi connectivity index (χ0n) is 13.1. The van der Waals surface area contributed by atoms with E-state index in [2.05, 4.69) is 10.3 Å². The van der Waals surface area contributed by atoms with Gasteiger partial charge in [0, 0.05) is 31.9 Å². The van der Waals surface area contributed by atoms with Gasteiger partial charge in [0.25, 0.3) is 0 Å². The highest BCUT2D eigenvalue weighted by molar-refractivity contribution is 5.81. The number of nitrogens with zero attached hydrogens (tertiary/aromatic N) is 2. The monoisotopic (exact) mass is 295 g/mol. The summed E-state index contributed by atoms with van der Waals surface area (Å²) in [5.74, 6) is -0.443. The Hall–Kier alpha value is -1.85. The summed E-state index contributed by atoms with van der Waals surface area (Å²) in [5.41, 5.74) is -0.499. The predicted octanol–water partition coefficient (Wildman–Crippen LogP) is 1.90. The number of hydrogen-bond acceptors (Lipinski definition) is 4. The third-order valence-electron chi connectivity index (χ3n) is 2.70. The van der Waals surface area contributed by atoms with Gasteiger partial charge in [-0.25, -0.2) is 4.98 Å². The number of imidazole rings is 1. The smallest absolute Gasteiger partial charge is 0.306 e. The fourth-order valence-corrected chi connectivity index (χ4v) is 1.76. The van der Waals surface area contributed by atoms with E-state index >= 15 is 0 Å². The second-order valence-corrected chi connectivity index (χ2v) is 5.94. The number of carbonyl (C=O) groups excluding carboxylic acids is 2. The fourth-order valence-electron chi connectivity index (χ4n) is 1.76. The highest BCUT2D eigenvalue weighted by atomic mass is 16.6. The van der Waals surface area contributed by atoms with Gasteiger partial charge in [-0.2, -0.15) is 0 Å². The van der Waals surface area contributed by atoms with Crippen molar-refractivity contribution in [3.05, 3.63) is 18.7 Å². The maximum absolute atomic E-state index is 11.6. The van der Waals surface area contributed by atoms with Gasteiger partial charge in [-0.3, -0.25) is 9.59 Å². The van der Waals surface area contributed by atoms with Crippen molar-refractivity contribution in [1.29, 1.82) is 0 Å². The van der Waals surface area contributed by atoms with E-state index < -0.39 is 5.60 Å². The molecule has 1 heterocycles. The summed E-state index contributed by atoms with van der Waals surface area (Å²) in [4.78, 5) is 27.0. The van der Waals surface area contributed by atoms with Gasteiger partial charge >= 0.3 is 5.97 Å². The van der Waals surface area contributed by atoms with Crippen LogP contribution in [0, 0.1) is 0 Å². The molecule has 0 aliphatic carbocycles. The van der Waals surface area contributed by atoms with Crippen LogP contribution in [0.25, 0.3) is 0 Å². The molecule has 1 amide bonds. The number of rotatable bonds is 8. The molecule has 1 aromatic rings. The van der Waals surface area contributed by atoms with E-state index in [0.29, 0.717) is 6.54 Å². The molecule has 1 rings (SSSR count). The minimum atomic E-state index is -0.499. The molecule has 0 atom stereocenters. The molecule has 0 aliphatic rings. The first-order chi connectivity index (χ1) is 9.87. The molecule has 0 saturated carbocycles. The summed E-state index contributed by atoms with van der Waals surface area (Å²) in [6, 6.07) is 0. The van der Waals surface area contributed by atoms with E-state index in [1.807, 2.05) is 31.5 Å². The Morgan fingerprint density at radius 2 is 2.00 bits per heavy atom. The minimum Gasteiger partial charge on any atom is -0.460 e. The van der Waals surface area contributed by atoms with Gasteiger partial charge in [-0.05, 0) is 33.6 Å². The predicted molar refractivity (Wildman–Crippen MR) is 79.5 cm³/mol. The van der Waals surface area contributed by atoms with Gasteiger partial charge in [0.15, 0.2) is 0 Å². The molecule has 0 fully saturated rings. The number of esters is 1. The van der Waals surface area contributed by atoms with E-state index in [9.17, 15) is 9.59 Å². The molecule has 1 N–H and O–H groups in total. The van der Waals surface area contributed by atoms with Crippen molar-refractivity contribution >= 4 is 11.9 Å². The van der Waals surface area contributed by atoms with Crippen LogP contribution in [-0.4, -0.2) is 33.6 Å². The van der Waals surface area contributed by atoms with E-state index in [1.165, 1.54) is 0 Å². The Kier molecular flexibility index (Phi) is 6.91. The largest absolute Gasteiger partial charge is 0.460 e. The van der Waals surface area contributed by atoms with Gasteiger partial charge < -0.3 is 14.6 Å². The summed E-state index contributed by atoms with van der Waals surface area (Å²) in [7, 11) is 0. The molecular formula is C15H25N3O3. The van der Waals surface area contributed by atoms with Crippen LogP contribution in [0.3, 0.4) is 0 Å². The van der Waals surface area contributed by atoms with Crippen molar-refractivity contribution in [2.24, 2.45) is 0 Å². The molecule has 0 aromatic carbocycles. The quantitative estimate of drug-likeness (QED) is 0.587. The number of unbranched alkanes of at least 4 members (excludes halogenated alkanes) is 1. The van der Waals surface area contributed by atoms with Gasteiger partial charge in [0.1, 0.15) is 5.60 Å². The first kappa shape index (κ1) is 17.2. The summed E-state index contributed by atoms with van der Waals surface area (Å²) in [5, 5.41) is 2.81. The van der Waals surface area contributed by atoms with E-state index in [-0.39, 0.29) is 24.7 Å². The van der Waals surface area contributed by atoms with Crippen molar-refractivity contribution in [3.8, 4) is 0 Å². The normalized spacial score (nSPS) is 11.2. The highest BCUT2D eigenvalue weighted by Gasteiger charge is 2.16. The lowest BCUT2D eigenvalue weighted by Gasteiger charge is -2.19. The summed E-state index contributed by atoms with van der Waals surface area (Å²) in [6.45, 7) is 6.96. The molecule has 0 bridgehead atoms. The number of carbonyl (C=O) groups is 2. The van der Waals surface area contributed by atoms with Gasteiger partial charge in [0.05, 0.1) is 12.7 Å². The molecule has 0 unspecified atom stereocenters. The molecule has 0 aliphatic heterocycles. The third-order valence-corrected chi connectivity index (χ3v) is 2.70. The lowest BCUT2D eigenvalue weighted by Crippen LogP contribution is -2.27. The number of amides is 1. The first-order valence-electron chi connectivity index (χ1n) is 7.31. The average Bonchev–Trinajstić information content (AvgIpc) is 2.87. The average molecular weight is 295 g/mol. The van der Waals surface area contributed by atoms with Crippen LogP contribution >= 0.6 is 0 Å². The summed E-state index contributed by atoms with van der Waals surface area (Å²) >= 11 is 0. The van der Waals surface area contributed by atoms with Gasteiger partial charge in [-0.1, -0.05) is 0 Å². The molecular weight excluding hydrogens is 270 g/mol. The Morgan fingerprint density at radius 1 is 1.24 bits per heavy atom. The van der Waals surface area contributed by atoms with Crippen LogP contribution < -0.4 is 5.32 Å². The molecule has 118 valence electrons. The second-order valence-electron chi connectivity index (χ2n) is 5.94. The van der Waals surface area contributed by atoms with Crippen molar-refractivity contribution in [2.45, 2.75) is 58.6 Å². The zero-order valence-corrected chi connectivity index (χ0v) is 13.1. The van der Waals surface area contributed by atoms with Crippen molar-refractivity contribution in [2.75, 3.05) is 6.54 Å². The van der Waals surface area contributed by atoms with Crippen molar-refractivity contribution < 1.29 is 14.3 Å². The third kappa shape index (κ3) is 8.83. The zero-order chi connectivity index (χ0) is 15.7. The second kappa shape index (κ2) is 8.44. The first-order valence-corrected chi connectivity index (χ1v) is 7.31. The highest BCUT2D eigenvalue weighted by Crippen LogP contribution is 2.09. The van der Waals surface area contributed by atoms with Crippen LogP contribution in [0.15, 0.2) is 18.7 Å². The number of hydrogen-bond donors (Lipinski definition) is 1. The topological polar surface area (TPSA) is 73.2 Å². The van der Waals surface area contributed by atoms with E-state index in [4.69, 9.17) is 4.74 Å². The van der Waals surface area contributed by atoms with E-state index in [0.717, 1.165) is 19.4 Å². The van der Waals surface area contributed by atoms with Crippen LogP contribution in [0.1, 0.15) is 46.5 Å². The fraction of sp³-hybridized carbons (Fsp3) is 0.667. The summed E-state index contributed by atoms with van der Waals surface area (Å²) in [6.07, 6.45) is 7.62. The Bertz CT molecular complexity index is 436. The Labute approximate surface area is 125 Å². The van der Waals surface area contributed by atoms with Crippen LogP contribution in [-0.2, 0) is 20.9 Å². The Morgan fingerprint density at radius 3 is 2.62 bits per heavy atom. The molecule has 0 saturated heterocycles. The SMILES string of the molecule is CC(C)(C)OC(=O)CCC(=O)NCCCCn1ccnc1. The lowest BCUT2D eigenvalue weighted by atomic mass is 10.2. The number of nitrogens with one attached hydrogen (secondary N) is 1. The maximum atomic E-state index is 11.6. The number of aryl methyl sites for hydroxylation is 1. The number of ether oxygens (including phenoxy) is 1. The molecule has 21 heavy (non-hydrogen) atoms. The van der Waals surface area contributed by atoms with Gasteiger partial charge in [-0.15, -0.1) is 0 Å². The molecule has 1 aromatic heterocycles. The molecule has 0 spiro atoms. The van der Waals surface area contributed by atoms with Crippen molar-refractivity contribution in [3.63, 3.8) is 0 Å². The minimum absolute atomic E-state index is 0.108. The van der Waals surface area contributed by atoms with E-state index in [1.54, 1.807) is 12.5 Å². The molecule has 0 radical (unpaired) electrons. The Balaban J connectivity index is 2.02. The lowest BCUT2D eigenvalue weighted by molar-refractivity contribution is -0.155. The molecule has 6 nitrogen and oxygen atoms in total. The maximum Gasteiger partial charge on any atom is 0.306 e. The van der Waals surface area contributed by atoms with Crippen molar-refractivity contribution in [1.82, 2.24) is 14.9 Å².